The van der Waals surface area contributed by atoms with Crippen molar-refractivity contribution in [1.29, 1.82) is 0 Å². The van der Waals surface area contributed by atoms with E-state index in [1.54, 1.807) is 0 Å². The van der Waals surface area contributed by atoms with Crippen molar-refractivity contribution in [3.63, 3.8) is 0 Å². The van der Waals surface area contributed by atoms with Gasteiger partial charge in [-0.25, -0.2) is 0 Å². The molecule has 0 saturated carbocycles. The monoisotopic (exact) mass is 250 g/mol. The fraction of sp³-hybridized carbons (Fsp3) is 0.462. The Morgan fingerprint density at radius 1 is 1.50 bits per heavy atom. The van der Waals surface area contributed by atoms with E-state index in [0.29, 0.717) is 26.4 Å². The Morgan fingerprint density at radius 2 is 2.33 bits per heavy atom. The van der Waals surface area contributed by atoms with Crippen LogP contribution in [0.5, 0.6) is 0 Å². The minimum Gasteiger partial charge on any atom is -0.399 e. The van der Waals surface area contributed by atoms with Crippen LogP contribution in [0, 0.1) is 6.92 Å². The van der Waals surface area contributed by atoms with Gasteiger partial charge in [-0.3, -0.25) is 4.79 Å². The lowest BCUT2D eigenvalue weighted by atomic mass is 10.1. The lowest BCUT2D eigenvalue weighted by Crippen LogP contribution is -2.42. The maximum absolute atomic E-state index is 11.8. The number of hydrogen-bond acceptors (Lipinski definition) is 4. The third-order valence-corrected chi connectivity index (χ3v) is 3.05. The van der Waals surface area contributed by atoms with Gasteiger partial charge in [-0.05, 0) is 24.1 Å². The van der Waals surface area contributed by atoms with Gasteiger partial charge in [0, 0.05) is 12.2 Å². The topological polar surface area (TPSA) is 73.6 Å². The summed E-state index contributed by atoms with van der Waals surface area (Å²) in [7, 11) is 0. The average Bonchev–Trinajstić information content (AvgIpc) is 2.41. The number of nitrogen functional groups attached to an aromatic ring is 1. The molecule has 1 aromatic carbocycles. The Morgan fingerprint density at radius 3 is 3.06 bits per heavy atom. The number of rotatable bonds is 3. The van der Waals surface area contributed by atoms with Crippen LogP contribution in [0.2, 0.25) is 0 Å². The number of hydrogen-bond donors (Lipinski definition) is 2. The summed E-state index contributed by atoms with van der Waals surface area (Å²) >= 11 is 0. The average molecular weight is 250 g/mol. The van der Waals surface area contributed by atoms with E-state index >= 15 is 0 Å². The largest absolute Gasteiger partial charge is 0.399 e. The molecule has 1 aromatic rings. The Kier molecular flexibility index (Phi) is 4.17. The van der Waals surface area contributed by atoms with Gasteiger partial charge in [-0.1, -0.05) is 12.1 Å². The molecule has 0 radical (unpaired) electrons. The second-order valence-electron chi connectivity index (χ2n) is 4.28. The molecule has 1 fully saturated rings. The first kappa shape index (κ1) is 12.9. The van der Waals surface area contributed by atoms with E-state index in [4.69, 9.17) is 15.2 Å². The van der Waals surface area contributed by atoms with E-state index < -0.39 is 6.10 Å². The summed E-state index contributed by atoms with van der Waals surface area (Å²) in [5.74, 6) is -0.142. The van der Waals surface area contributed by atoms with Crippen LogP contribution < -0.4 is 11.1 Å². The Balaban J connectivity index is 1.90. The number of benzene rings is 1. The van der Waals surface area contributed by atoms with Crippen LogP contribution in [0.3, 0.4) is 0 Å². The molecule has 5 nitrogen and oxygen atoms in total. The second kappa shape index (κ2) is 5.84. The highest BCUT2D eigenvalue weighted by Crippen LogP contribution is 2.15. The molecular formula is C13H18N2O3. The molecule has 1 atom stereocenters. The van der Waals surface area contributed by atoms with Crippen LogP contribution in [0.15, 0.2) is 18.2 Å². The first-order valence-corrected chi connectivity index (χ1v) is 5.99. The Bertz CT molecular complexity index is 428. The lowest BCUT2D eigenvalue weighted by Gasteiger charge is -2.22. The van der Waals surface area contributed by atoms with Crippen molar-refractivity contribution in [2.75, 3.05) is 25.6 Å². The van der Waals surface area contributed by atoms with Crippen LogP contribution in [0.25, 0.3) is 0 Å². The summed E-state index contributed by atoms with van der Waals surface area (Å²) in [6.07, 6.45) is -0.500. The fourth-order valence-electron chi connectivity index (χ4n) is 1.83. The molecule has 3 N–H and O–H groups in total. The van der Waals surface area contributed by atoms with Crippen molar-refractivity contribution >= 4 is 11.6 Å². The number of nitrogens with one attached hydrogen (secondary N) is 1. The SMILES string of the molecule is Cc1c(N)cccc1CNC(=O)C1COCCO1. The highest BCUT2D eigenvalue weighted by molar-refractivity contribution is 5.81. The highest BCUT2D eigenvalue weighted by Gasteiger charge is 2.22. The van der Waals surface area contributed by atoms with Gasteiger partial charge < -0.3 is 20.5 Å². The van der Waals surface area contributed by atoms with Gasteiger partial charge in [-0.2, -0.15) is 0 Å². The van der Waals surface area contributed by atoms with E-state index in [0.717, 1.165) is 16.8 Å². The normalized spacial score (nSPS) is 19.5. The molecule has 2 rings (SSSR count). The molecule has 18 heavy (non-hydrogen) atoms. The van der Waals surface area contributed by atoms with Crippen LogP contribution >= 0.6 is 0 Å². The van der Waals surface area contributed by atoms with E-state index in [1.165, 1.54) is 0 Å². The Labute approximate surface area is 106 Å². The van der Waals surface area contributed by atoms with Gasteiger partial charge in [0.05, 0.1) is 19.8 Å². The van der Waals surface area contributed by atoms with Crippen LogP contribution in [-0.2, 0) is 20.8 Å². The minimum absolute atomic E-state index is 0.142. The molecule has 0 bridgehead atoms. The number of carbonyl (C=O) groups excluding carboxylic acids is 1. The highest BCUT2D eigenvalue weighted by atomic mass is 16.6. The first-order valence-electron chi connectivity index (χ1n) is 5.99. The minimum atomic E-state index is -0.500. The van der Waals surface area contributed by atoms with Gasteiger partial charge in [0.25, 0.3) is 5.91 Å². The molecule has 1 aliphatic rings. The number of anilines is 1. The molecule has 1 aliphatic heterocycles. The maximum Gasteiger partial charge on any atom is 0.251 e. The number of amides is 1. The zero-order valence-electron chi connectivity index (χ0n) is 10.4. The van der Waals surface area contributed by atoms with Crippen molar-refractivity contribution in [2.45, 2.75) is 19.6 Å². The molecule has 5 heteroatoms. The Hall–Kier alpha value is -1.59. The predicted octanol–water partition coefficient (Wildman–Crippen LogP) is 0.609. The quantitative estimate of drug-likeness (QED) is 0.771. The van der Waals surface area contributed by atoms with Crippen LogP contribution in [0.1, 0.15) is 11.1 Å². The summed E-state index contributed by atoms with van der Waals surface area (Å²) in [6, 6.07) is 5.67. The summed E-state index contributed by atoms with van der Waals surface area (Å²) < 4.78 is 10.5. The standard InChI is InChI=1S/C13H18N2O3/c1-9-10(3-2-4-11(9)14)7-15-13(16)12-8-17-5-6-18-12/h2-4,12H,5-8,14H2,1H3,(H,15,16). The second-order valence-corrected chi connectivity index (χ2v) is 4.28. The van der Waals surface area contributed by atoms with Crippen molar-refractivity contribution < 1.29 is 14.3 Å². The van der Waals surface area contributed by atoms with Gasteiger partial charge in [0.2, 0.25) is 0 Å². The van der Waals surface area contributed by atoms with Crippen molar-refractivity contribution in [3.8, 4) is 0 Å². The number of nitrogens with two attached hydrogens (primary N) is 1. The predicted molar refractivity (Wildman–Crippen MR) is 68.0 cm³/mol. The lowest BCUT2D eigenvalue weighted by molar-refractivity contribution is -0.147. The van der Waals surface area contributed by atoms with Crippen molar-refractivity contribution in [2.24, 2.45) is 0 Å². The number of carbonyl (C=O) groups is 1. The van der Waals surface area contributed by atoms with Crippen LogP contribution in [-0.4, -0.2) is 31.8 Å². The molecule has 1 saturated heterocycles. The van der Waals surface area contributed by atoms with Gasteiger partial charge in [0.15, 0.2) is 6.10 Å². The van der Waals surface area contributed by atoms with Crippen molar-refractivity contribution in [3.05, 3.63) is 29.3 Å². The molecular weight excluding hydrogens is 232 g/mol. The number of ether oxygens (including phenoxy) is 2. The smallest absolute Gasteiger partial charge is 0.251 e. The van der Waals surface area contributed by atoms with Gasteiger partial charge in [0.1, 0.15) is 0 Å². The van der Waals surface area contributed by atoms with Gasteiger partial charge >= 0.3 is 0 Å². The van der Waals surface area contributed by atoms with E-state index in [-0.39, 0.29) is 5.91 Å². The molecule has 98 valence electrons. The molecule has 1 heterocycles. The fourth-order valence-corrected chi connectivity index (χ4v) is 1.83. The summed E-state index contributed by atoms with van der Waals surface area (Å²) in [4.78, 5) is 11.8. The molecule has 0 aromatic heterocycles. The zero-order chi connectivity index (χ0) is 13.0. The molecule has 0 aliphatic carbocycles. The zero-order valence-corrected chi connectivity index (χ0v) is 10.4. The third kappa shape index (κ3) is 3.00. The summed E-state index contributed by atoms with van der Waals surface area (Å²) in [5, 5.41) is 2.84. The van der Waals surface area contributed by atoms with E-state index in [9.17, 15) is 4.79 Å². The third-order valence-electron chi connectivity index (χ3n) is 3.05. The molecule has 0 spiro atoms. The van der Waals surface area contributed by atoms with Crippen molar-refractivity contribution in [1.82, 2.24) is 5.32 Å². The maximum atomic E-state index is 11.8. The molecule has 1 unspecified atom stereocenters. The van der Waals surface area contributed by atoms with Crippen LogP contribution in [0.4, 0.5) is 5.69 Å². The first-order chi connectivity index (χ1) is 8.68. The van der Waals surface area contributed by atoms with Gasteiger partial charge in [-0.15, -0.1) is 0 Å². The summed E-state index contributed by atoms with van der Waals surface area (Å²) in [5.41, 5.74) is 8.56. The van der Waals surface area contributed by atoms with E-state index in [2.05, 4.69) is 5.32 Å². The summed E-state index contributed by atoms with van der Waals surface area (Å²) in [6.45, 7) is 3.74. The molecule has 1 amide bonds. The van der Waals surface area contributed by atoms with E-state index in [1.807, 2.05) is 25.1 Å².